The van der Waals surface area contributed by atoms with Crippen molar-refractivity contribution in [2.24, 2.45) is 11.5 Å². The van der Waals surface area contributed by atoms with Gasteiger partial charge >= 0.3 is 0 Å². The number of hydrogen-bond acceptors (Lipinski definition) is 4. The van der Waals surface area contributed by atoms with E-state index in [2.05, 4.69) is 5.32 Å². The maximum atomic E-state index is 11.6. The zero-order valence-electron chi connectivity index (χ0n) is 12.2. The Morgan fingerprint density at radius 2 is 1.81 bits per heavy atom. The molecule has 5 N–H and O–H groups in total. The average Bonchev–Trinajstić information content (AvgIpc) is 2.38. The molecule has 0 aliphatic carbocycles. The Labute approximate surface area is 130 Å². The maximum absolute atomic E-state index is 11.6. The minimum Gasteiger partial charge on any atom is -0.493 e. The van der Waals surface area contributed by atoms with Gasteiger partial charge in [0.25, 0.3) is 0 Å². The van der Waals surface area contributed by atoms with Gasteiger partial charge in [0.05, 0.1) is 13.0 Å². The number of rotatable bonds is 7. The van der Waals surface area contributed by atoms with Gasteiger partial charge in [0, 0.05) is 17.6 Å². The van der Waals surface area contributed by atoms with Gasteiger partial charge in [-0.15, -0.1) is 12.4 Å². The van der Waals surface area contributed by atoms with Crippen molar-refractivity contribution >= 4 is 24.2 Å². The van der Waals surface area contributed by atoms with Crippen molar-refractivity contribution in [3.63, 3.8) is 0 Å². The smallest absolute Gasteiger partial charge is 0.248 e. The summed E-state index contributed by atoms with van der Waals surface area (Å²) >= 11 is 0. The van der Waals surface area contributed by atoms with E-state index in [1.807, 2.05) is 13.8 Å². The molecule has 6 nitrogen and oxygen atoms in total. The lowest BCUT2D eigenvalue weighted by molar-refractivity contribution is -0.123. The molecule has 0 saturated carbocycles. The maximum Gasteiger partial charge on any atom is 0.248 e. The van der Waals surface area contributed by atoms with Crippen LogP contribution in [0.4, 0.5) is 0 Å². The molecule has 0 bridgehead atoms. The van der Waals surface area contributed by atoms with Crippen LogP contribution in [0.2, 0.25) is 0 Å². The Morgan fingerprint density at radius 3 is 2.29 bits per heavy atom. The molecule has 1 aromatic rings. The first-order valence-electron chi connectivity index (χ1n) is 6.38. The summed E-state index contributed by atoms with van der Waals surface area (Å²) in [7, 11) is 0. The molecule has 0 radical (unpaired) electrons. The molecule has 2 amide bonds. The second-order valence-electron chi connectivity index (χ2n) is 5.12. The highest BCUT2D eigenvalue weighted by Gasteiger charge is 2.17. The van der Waals surface area contributed by atoms with E-state index in [4.69, 9.17) is 16.2 Å². The number of carbonyl (C=O) groups excluding carboxylic acids is 2. The lowest BCUT2D eigenvalue weighted by Gasteiger charge is -2.24. The molecule has 7 heteroatoms. The molecule has 0 atom stereocenters. The van der Waals surface area contributed by atoms with Crippen LogP contribution in [0.1, 0.15) is 30.6 Å². The minimum absolute atomic E-state index is 0. The summed E-state index contributed by atoms with van der Waals surface area (Å²) < 4.78 is 5.42. The molecular formula is C14H22ClN3O3. The van der Waals surface area contributed by atoms with E-state index in [0.29, 0.717) is 17.9 Å². The molecule has 0 heterocycles. The molecule has 0 saturated heterocycles. The van der Waals surface area contributed by atoms with Crippen LogP contribution < -0.4 is 21.5 Å². The van der Waals surface area contributed by atoms with E-state index in [1.165, 1.54) is 0 Å². The second-order valence-corrected chi connectivity index (χ2v) is 5.12. The topological polar surface area (TPSA) is 107 Å². The van der Waals surface area contributed by atoms with E-state index >= 15 is 0 Å². The summed E-state index contributed by atoms with van der Waals surface area (Å²) in [5, 5.41) is 2.81. The highest BCUT2D eigenvalue weighted by atomic mass is 35.5. The van der Waals surface area contributed by atoms with E-state index in [1.54, 1.807) is 24.3 Å². The predicted molar refractivity (Wildman–Crippen MR) is 83.6 cm³/mol. The van der Waals surface area contributed by atoms with Crippen LogP contribution in [0, 0.1) is 0 Å². The van der Waals surface area contributed by atoms with Gasteiger partial charge in [-0.1, -0.05) is 0 Å². The molecule has 0 aromatic heterocycles. The van der Waals surface area contributed by atoms with Gasteiger partial charge in [-0.2, -0.15) is 0 Å². The standard InChI is InChI=1S/C14H21N3O3.ClH/c1-14(2,9-15)17-12(18)7-8-20-11-5-3-10(4-6-11)13(16)19;/h3-6H,7-9,15H2,1-2H3,(H2,16,19)(H,17,18);1H. The number of halogens is 1. The van der Waals surface area contributed by atoms with Crippen molar-refractivity contribution in [1.29, 1.82) is 0 Å². The van der Waals surface area contributed by atoms with Crippen LogP contribution in [-0.4, -0.2) is 30.5 Å². The molecule has 0 unspecified atom stereocenters. The minimum atomic E-state index is -0.486. The van der Waals surface area contributed by atoms with E-state index < -0.39 is 11.4 Å². The van der Waals surface area contributed by atoms with Gasteiger partial charge in [0.1, 0.15) is 5.75 Å². The normalized spacial score (nSPS) is 10.4. The van der Waals surface area contributed by atoms with Gasteiger partial charge in [0.15, 0.2) is 0 Å². The highest BCUT2D eigenvalue weighted by Crippen LogP contribution is 2.12. The summed E-state index contributed by atoms with van der Waals surface area (Å²) in [6, 6.07) is 6.44. The fourth-order valence-electron chi connectivity index (χ4n) is 1.47. The number of amides is 2. The average molecular weight is 316 g/mol. The third kappa shape index (κ3) is 6.97. The fraction of sp³-hybridized carbons (Fsp3) is 0.429. The van der Waals surface area contributed by atoms with Crippen molar-refractivity contribution in [1.82, 2.24) is 5.32 Å². The van der Waals surface area contributed by atoms with Crippen molar-refractivity contribution in [3.8, 4) is 5.75 Å². The van der Waals surface area contributed by atoms with Gasteiger partial charge in [-0.3, -0.25) is 9.59 Å². The second kappa shape index (κ2) is 8.49. The quantitative estimate of drug-likeness (QED) is 0.692. The Kier molecular flexibility index (Phi) is 7.76. The Balaban J connectivity index is 0.00000400. The largest absolute Gasteiger partial charge is 0.493 e. The zero-order chi connectivity index (χ0) is 15.2. The number of nitrogens with two attached hydrogens (primary N) is 2. The molecule has 0 spiro atoms. The van der Waals surface area contributed by atoms with E-state index in [0.717, 1.165) is 0 Å². The first-order valence-corrected chi connectivity index (χ1v) is 6.38. The third-order valence-electron chi connectivity index (χ3n) is 2.72. The first kappa shape index (κ1) is 19.2. The molecule has 21 heavy (non-hydrogen) atoms. The van der Waals surface area contributed by atoms with Crippen LogP contribution in [0.15, 0.2) is 24.3 Å². The number of hydrogen-bond donors (Lipinski definition) is 3. The number of benzene rings is 1. The number of ether oxygens (including phenoxy) is 1. The number of primary amides is 1. The van der Waals surface area contributed by atoms with Crippen molar-refractivity contribution < 1.29 is 14.3 Å². The monoisotopic (exact) mass is 315 g/mol. The van der Waals surface area contributed by atoms with Crippen LogP contribution in [0.25, 0.3) is 0 Å². The first-order chi connectivity index (χ1) is 9.34. The summed E-state index contributed by atoms with van der Waals surface area (Å²) in [5.74, 6) is -0.0185. The Hall–Kier alpha value is -1.79. The SMILES string of the molecule is CC(C)(CN)NC(=O)CCOc1ccc(C(N)=O)cc1.Cl. The lowest BCUT2D eigenvalue weighted by Crippen LogP contribution is -2.49. The summed E-state index contributed by atoms with van der Waals surface area (Å²) in [5.41, 5.74) is 10.7. The number of nitrogens with one attached hydrogen (secondary N) is 1. The molecule has 0 aliphatic heterocycles. The molecule has 0 aliphatic rings. The van der Waals surface area contributed by atoms with Crippen LogP contribution in [0.3, 0.4) is 0 Å². The van der Waals surface area contributed by atoms with E-state index in [9.17, 15) is 9.59 Å². The highest BCUT2D eigenvalue weighted by molar-refractivity contribution is 5.92. The molecular weight excluding hydrogens is 294 g/mol. The molecule has 1 rings (SSSR count). The fourth-order valence-corrected chi connectivity index (χ4v) is 1.47. The molecule has 0 fully saturated rings. The third-order valence-corrected chi connectivity index (χ3v) is 2.72. The Bertz CT molecular complexity index is 475. The van der Waals surface area contributed by atoms with Crippen molar-refractivity contribution in [2.75, 3.05) is 13.2 Å². The van der Waals surface area contributed by atoms with Crippen LogP contribution in [-0.2, 0) is 4.79 Å². The lowest BCUT2D eigenvalue weighted by atomic mass is 10.1. The summed E-state index contributed by atoms with van der Waals surface area (Å²) in [6.07, 6.45) is 0.237. The summed E-state index contributed by atoms with van der Waals surface area (Å²) in [6.45, 7) is 4.33. The van der Waals surface area contributed by atoms with Gasteiger partial charge in [0.2, 0.25) is 11.8 Å². The zero-order valence-corrected chi connectivity index (χ0v) is 13.0. The van der Waals surface area contributed by atoms with Crippen LogP contribution in [0.5, 0.6) is 5.75 Å². The van der Waals surface area contributed by atoms with Gasteiger partial charge < -0.3 is 21.5 Å². The van der Waals surface area contributed by atoms with Gasteiger partial charge in [-0.25, -0.2) is 0 Å². The Morgan fingerprint density at radius 1 is 1.24 bits per heavy atom. The van der Waals surface area contributed by atoms with Crippen molar-refractivity contribution in [3.05, 3.63) is 29.8 Å². The van der Waals surface area contributed by atoms with Crippen molar-refractivity contribution in [2.45, 2.75) is 25.8 Å². The molecule has 1 aromatic carbocycles. The number of carbonyl (C=O) groups is 2. The van der Waals surface area contributed by atoms with Gasteiger partial charge in [-0.05, 0) is 38.1 Å². The molecule has 118 valence electrons. The predicted octanol–water partition coefficient (Wildman–Crippen LogP) is 0.830. The van der Waals surface area contributed by atoms with E-state index in [-0.39, 0.29) is 31.3 Å². The van der Waals surface area contributed by atoms with Crippen LogP contribution >= 0.6 is 12.4 Å². The summed E-state index contributed by atoms with van der Waals surface area (Å²) in [4.78, 5) is 22.5.